The molecule has 1 atom stereocenters. The predicted molar refractivity (Wildman–Crippen MR) is 67.6 cm³/mol. The Morgan fingerprint density at radius 2 is 1.95 bits per heavy atom. The van der Waals surface area contributed by atoms with Crippen LogP contribution in [0.4, 0.5) is 13.2 Å². The summed E-state index contributed by atoms with van der Waals surface area (Å²) in [6.45, 7) is 2.47. The van der Waals surface area contributed by atoms with Crippen LogP contribution in [0.1, 0.15) is 18.1 Å². The maximum Gasteiger partial charge on any atom is 0.416 e. The number of alkyl halides is 3. The zero-order chi connectivity index (χ0) is 15.6. The molecule has 0 amide bonds. The highest BCUT2D eigenvalue weighted by Crippen LogP contribution is 2.34. The molecule has 0 saturated heterocycles. The highest BCUT2D eigenvalue weighted by molar-refractivity contribution is 7.89. The Bertz CT molecular complexity index is 570. The minimum atomic E-state index is -4.60. The third-order valence-corrected chi connectivity index (χ3v) is 4.38. The van der Waals surface area contributed by atoms with Gasteiger partial charge in [0.2, 0.25) is 10.0 Å². The molecule has 1 aromatic carbocycles. The fourth-order valence-corrected chi connectivity index (χ4v) is 3.04. The second-order valence-corrected chi connectivity index (χ2v) is 6.30. The lowest BCUT2D eigenvalue weighted by Crippen LogP contribution is -2.30. The molecule has 0 aliphatic carbocycles. The van der Waals surface area contributed by atoms with Crippen molar-refractivity contribution in [2.45, 2.75) is 24.9 Å². The van der Waals surface area contributed by atoms with Crippen molar-refractivity contribution in [1.82, 2.24) is 4.72 Å². The first kappa shape index (κ1) is 16.9. The lowest BCUT2D eigenvalue weighted by Gasteiger charge is -2.15. The van der Waals surface area contributed by atoms with Gasteiger partial charge in [0.1, 0.15) is 0 Å². The molecule has 0 heterocycles. The van der Waals surface area contributed by atoms with Gasteiger partial charge < -0.3 is 5.11 Å². The van der Waals surface area contributed by atoms with Crippen LogP contribution in [-0.4, -0.2) is 26.7 Å². The van der Waals surface area contributed by atoms with E-state index in [0.29, 0.717) is 0 Å². The smallest absolute Gasteiger partial charge is 0.396 e. The third-order valence-electron chi connectivity index (χ3n) is 2.81. The Morgan fingerprint density at radius 1 is 1.35 bits per heavy atom. The molecule has 0 fully saturated rings. The maximum absolute atomic E-state index is 12.7. The van der Waals surface area contributed by atoms with Gasteiger partial charge in [-0.15, -0.1) is 0 Å². The molecule has 0 spiro atoms. The number of aliphatic hydroxyl groups excluding tert-OH is 1. The van der Waals surface area contributed by atoms with Gasteiger partial charge in [-0.3, -0.25) is 0 Å². The summed E-state index contributed by atoms with van der Waals surface area (Å²) in [6.07, 6.45) is -4.60. The number of sulfonamides is 1. The lowest BCUT2D eigenvalue weighted by molar-refractivity contribution is -0.138. The molecule has 0 aliphatic heterocycles. The summed E-state index contributed by atoms with van der Waals surface area (Å²) < 4.78 is 64.4. The van der Waals surface area contributed by atoms with Crippen LogP contribution in [-0.2, 0) is 16.2 Å². The number of benzene rings is 1. The molecule has 1 rings (SSSR count). The Balaban J connectivity index is 3.14. The molecular formula is C12H16F3NO3S. The van der Waals surface area contributed by atoms with Crippen molar-refractivity contribution in [2.75, 3.05) is 13.2 Å². The van der Waals surface area contributed by atoms with Gasteiger partial charge in [-0.2, -0.15) is 13.2 Å². The first-order valence-corrected chi connectivity index (χ1v) is 7.35. The molecular weight excluding hydrogens is 295 g/mol. The van der Waals surface area contributed by atoms with Gasteiger partial charge in [0.05, 0.1) is 10.5 Å². The van der Waals surface area contributed by atoms with Crippen LogP contribution in [0.2, 0.25) is 0 Å². The Labute approximate surface area is 115 Å². The van der Waals surface area contributed by atoms with E-state index in [-0.39, 0.29) is 24.6 Å². The Kier molecular flexibility index (Phi) is 5.17. The number of hydrogen-bond donors (Lipinski definition) is 2. The minimum Gasteiger partial charge on any atom is -0.396 e. The molecule has 0 bridgehead atoms. The standard InChI is InChI=1S/C12H16F3NO3S/c1-8(7-17)6-16-20(18,19)11-5-3-4-10(9(11)2)12(13,14)15/h3-5,8,16-17H,6-7H2,1-2H3. The summed E-state index contributed by atoms with van der Waals surface area (Å²) in [5.41, 5.74) is -1.32. The van der Waals surface area contributed by atoms with Crippen molar-refractivity contribution in [3.63, 3.8) is 0 Å². The van der Waals surface area contributed by atoms with E-state index in [4.69, 9.17) is 5.11 Å². The van der Waals surface area contributed by atoms with Gasteiger partial charge >= 0.3 is 6.18 Å². The summed E-state index contributed by atoms with van der Waals surface area (Å²) in [5, 5.41) is 8.82. The molecule has 0 aliphatic rings. The fourth-order valence-electron chi connectivity index (χ4n) is 1.61. The SMILES string of the molecule is Cc1c(C(F)(F)F)cccc1S(=O)(=O)NCC(C)CO. The first-order valence-electron chi connectivity index (χ1n) is 5.87. The number of nitrogens with one attached hydrogen (secondary N) is 1. The number of aliphatic hydroxyl groups is 1. The number of hydrogen-bond acceptors (Lipinski definition) is 3. The molecule has 0 aromatic heterocycles. The highest BCUT2D eigenvalue weighted by Gasteiger charge is 2.34. The number of halogens is 3. The van der Waals surface area contributed by atoms with Gasteiger partial charge in [-0.05, 0) is 30.5 Å². The van der Waals surface area contributed by atoms with Crippen LogP contribution in [0.3, 0.4) is 0 Å². The van der Waals surface area contributed by atoms with E-state index in [1.807, 2.05) is 0 Å². The third kappa shape index (κ3) is 3.94. The highest BCUT2D eigenvalue weighted by atomic mass is 32.2. The van der Waals surface area contributed by atoms with E-state index in [9.17, 15) is 21.6 Å². The van der Waals surface area contributed by atoms with E-state index in [0.717, 1.165) is 25.1 Å². The summed E-state index contributed by atoms with van der Waals surface area (Å²) in [7, 11) is -4.04. The van der Waals surface area contributed by atoms with Crippen LogP contribution in [0, 0.1) is 12.8 Å². The summed E-state index contributed by atoms with van der Waals surface area (Å²) >= 11 is 0. The van der Waals surface area contributed by atoms with Crippen molar-refractivity contribution < 1.29 is 26.7 Å². The first-order chi connectivity index (χ1) is 9.09. The van der Waals surface area contributed by atoms with Crippen LogP contribution in [0.5, 0.6) is 0 Å². The molecule has 0 radical (unpaired) electrons. The zero-order valence-corrected chi connectivity index (χ0v) is 11.8. The fraction of sp³-hybridized carbons (Fsp3) is 0.500. The molecule has 20 heavy (non-hydrogen) atoms. The van der Waals surface area contributed by atoms with Crippen LogP contribution >= 0.6 is 0 Å². The van der Waals surface area contributed by atoms with Crippen molar-refractivity contribution >= 4 is 10.0 Å². The van der Waals surface area contributed by atoms with E-state index in [1.54, 1.807) is 6.92 Å². The Morgan fingerprint density at radius 3 is 2.45 bits per heavy atom. The second-order valence-electron chi connectivity index (χ2n) is 4.57. The molecule has 1 unspecified atom stereocenters. The van der Waals surface area contributed by atoms with Crippen molar-refractivity contribution in [3.8, 4) is 0 Å². The predicted octanol–water partition coefficient (Wildman–Crippen LogP) is 1.92. The van der Waals surface area contributed by atoms with Gasteiger partial charge in [0, 0.05) is 13.2 Å². The summed E-state index contributed by atoms with van der Waals surface area (Å²) in [6, 6.07) is 3.01. The molecule has 2 N–H and O–H groups in total. The Hall–Kier alpha value is -1.12. The molecule has 4 nitrogen and oxygen atoms in total. The van der Waals surface area contributed by atoms with Crippen molar-refractivity contribution in [3.05, 3.63) is 29.3 Å². The van der Waals surface area contributed by atoms with E-state index in [2.05, 4.69) is 4.72 Å². The average Bonchev–Trinajstić information content (AvgIpc) is 2.34. The topological polar surface area (TPSA) is 66.4 Å². The zero-order valence-electron chi connectivity index (χ0n) is 11.0. The van der Waals surface area contributed by atoms with E-state index in [1.165, 1.54) is 0 Å². The van der Waals surface area contributed by atoms with Crippen molar-refractivity contribution in [1.29, 1.82) is 0 Å². The monoisotopic (exact) mass is 311 g/mol. The van der Waals surface area contributed by atoms with Gasteiger partial charge in [0.25, 0.3) is 0 Å². The minimum absolute atomic E-state index is 0.0471. The summed E-state index contributed by atoms with van der Waals surface area (Å²) in [5.74, 6) is -0.323. The quantitative estimate of drug-likeness (QED) is 0.873. The van der Waals surface area contributed by atoms with E-state index >= 15 is 0 Å². The largest absolute Gasteiger partial charge is 0.416 e. The molecule has 1 aromatic rings. The van der Waals surface area contributed by atoms with E-state index < -0.39 is 26.7 Å². The molecule has 114 valence electrons. The van der Waals surface area contributed by atoms with Gasteiger partial charge in [0.15, 0.2) is 0 Å². The number of rotatable bonds is 5. The second kappa shape index (κ2) is 6.11. The van der Waals surface area contributed by atoms with Crippen LogP contribution < -0.4 is 4.72 Å². The normalized spacial score (nSPS) is 14.3. The van der Waals surface area contributed by atoms with Gasteiger partial charge in [-0.25, -0.2) is 13.1 Å². The molecule has 8 heteroatoms. The van der Waals surface area contributed by atoms with Gasteiger partial charge in [-0.1, -0.05) is 13.0 Å². The van der Waals surface area contributed by atoms with Crippen molar-refractivity contribution in [2.24, 2.45) is 5.92 Å². The summed E-state index contributed by atoms with van der Waals surface area (Å²) in [4.78, 5) is -0.405. The average molecular weight is 311 g/mol. The lowest BCUT2D eigenvalue weighted by atomic mass is 10.1. The molecule has 0 saturated carbocycles. The van der Waals surface area contributed by atoms with Crippen LogP contribution in [0.15, 0.2) is 23.1 Å². The van der Waals surface area contributed by atoms with Crippen LogP contribution in [0.25, 0.3) is 0 Å². The maximum atomic E-state index is 12.7.